The second kappa shape index (κ2) is 7.70. The molecule has 2 aromatic rings. The first-order chi connectivity index (χ1) is 11.0. The number of carbonyl (C=O) groups excluding carboxylic acids is 1. The quantitative estimate of drug-likeness (QED) is 0.724. The fourth-order valence-electron chi connectivity index (χ4n) is 2.27. The van der Waals surface area contributed by atoms with Crippen LogP contribution in [-0.2, 0) is 12.8 Å². The molecule has 0 unspecified atom stereocenters. The SMILES string of the molecule is CCC(CC)(CN)NC(=O)c1ccc(CSc2nccn2C)o1. The Morgan fingerprint density at radius 2 is 2.17 bits per heavy atom. The molecule has 0 aliphatic carbocycles. The van der Waals surface area contributed by atoms with E-state index in [2.05, 4.69) is 10.3 Å². The van der Waals surface area contributed by atoms with Gasteiger partial charge in [0.15, 0.2) is 10.9 Å². The van der Waals surface area contributed by atoms with Gasteiger partial charge in [0, 0.05) is 26.0 Å². The number of aromatic nitrogens is 2. The number of rotatable bonds is 8. The normalized spacial score (nSPS) is 11.7. The molecule has 2 rings (SSSR count). The maximum absolute atomic E-state index is 12.4. The Hall–Kier alpha value is -1.73. The number of imidazole rings is 1. The number of hydrogen-bond donors (Lipinski definition) is 2. The second-order valence-corrected chi connectivity index (χ2v) is 6.46. The molecule has 23 heavy (non-hydrogen) atoms. The van der Waals surface area contributed by atoms with E-state index >= 15 is 0 Å². The Kier molecular flexibility index (Phi) is 5.90. The van der Waals surface area contributed by atoms with Crippen LogP contribution in [0.3, 0.4) is 0 Å². The minimum atomic E-state index is -0.369. The van der Waals surface area contributed by atoms with Crippen LogP contribution in [0.2, 0.25) is 0 Å². The molecule has 0 aliphatic heterocycles. The van der Waals surface area contributed by atoms with Crippen molar-refractivity contribution in [1.29, 1.82) is 0 Å². The molecule has 1 amide bonds. The summed E-state index contributed by atoms with van der Waals surface area (Å²) in [6.07, 6.45) is 5.22. The summed E-state index contributed by atoms with van der Waals surface area (Å²) in [5.74, 6) is 1.48. The van der Waals surface area contributed by atoms with Gasteiger partial charge in [-0.1, -0.05) is 25.6 Å². The van der Waals surface area contributed by atoms with Gasteiger partial charge < -0.3 is 20.0 Å². The Morgan fingerprint density at radius 3 is 2.74 bits per heavy atom. The van der Waals surface area contributed by atoms with Crippen molar-refractivity contribution in [2.45, 2.75) is 43.1 Å². The molecular formula is C16H24N4O2S. The summed E-state index contributed by atoms with van der Waals surface area (Å²) in [6.45, 7) is 4.45. The number of furan rings is 1. The van der Waals surface area contributed by atoms with Crippen molar-refractivity contribution in [2.24, 2.45) is 12.8 Å². The molecule has 7 heteroatoms. The van der Waals surface area contributed by atoms with E-state index in [1.807, 2.05) is 37.7 Å². The highest BCUT2D eigenvalue weighted by atomic mass is 32.2. The lowest BCUT2D eigenvalue weighted by molar-refractivity contribution is 0.0865. The predicted molar refractivity (Wildman–Crippen MR) is 91.3 cm³/mol. The molecule has 0 spiro atoms. The molecule has 0 saturated carbocycles. The third-order valence-corrected chi connectivity index (χ3v) is 5.21. The lowest BCUT2D eigenvalue weighted by atomic mass is 9.93. The Balaban J connectivity index is 1.98. The second-order valence-electron chi connectivity index (χ2n) is 5.52. The first-order valence-electron chi connectivity index (χ1n) is 7.75. The maximum atomic E-state index is 12.4. The average Bonchev–Trinajstić information content (AvgIpc) is 3.19. The van der Waals surface area contributed by atoms with Gasteiger partial charge in [0.05, 0.1) is 11.3 Å². The summed E-state index contributed by atoms with van der Waals surface area (Å²) in [5, 5.41) is 3.92. The van der Waals surface area contributed by atoms with Crippen molar-refractivity contribution in [2.75, 3.05) is 6.54 Å². The number of aryl methyl sites for hydroxylation is 1. The van der Waals surface area contributed by atoms with Crippen LogP contribution in [0.4, 0.5) is 0 Å². The zero-order chi connectivity index (χ0) is 16.9. The number of thioether (sulfide) groups is 1. The molecule has 3 N–H and O–H groups in total. The molecule has 0 bridgehead atoms. The number of amides is 1. The molecule has 6 nitrogen and oxygen atoms in total. The molecule has 2 heterocycles. The Bertz CT molecular complexity index is 638. The molecule has 0 aliphatic rings. The van der Waals surface area contributed by atoms with Crippen LogP contribution in [0.25, 0.3) is 0 Å². The van der Waals surface area contributed by atoms with Crippen LogP contribution >= 0.6 is 11.8 Å². The zero-order valence-corrected chi connectivity index (χ0v) is 14.7. The highest BCUT2D eigenvalue weighted by Crippen LogP contribution is 2.22. The highest BCUT2D eigenvalue weighted by Gasteiger charge is 2.27. The van der Waals surface area contributed by atoms with Crippen molar-refractivity contribution < 1.29 is 9.21 Å². The van der Waals surface area contributed by atoms with E-state index in [0.717, 1.165) is 23.8 Å². The van der Waals surface area contributed by atoms with Gasteiger partial charge in [-0.3, -0.25) is 4.79 Å². The van der Waals surface area contributed by atoms with Gasteiger partial charge in [-0.25, -0.2) is 4.98 Å². The van der Waals surface area contributed by atoms with Crippen molar-refractivity contribution in [3.05, 3.63) is 36.0 Å². The van der Waals surface area contributed by atoms with Crippen LogP contribution < -0.4 is 11.1 Å². The molecule has 0 radical (unpaired) electrons. The third-order valence-electron chi connectivity index (χ3n) is 4.13. The summed E-state index contributed by atoms with van der Waals surface area (Å²) in [5.41, 5.74) is 5.45. The Morgan fingerprint density at radius 1 is 1.43 bits per heavy atom. The van der Waals surface area contributed by atoms with Crippen LogP contribution in [0.15, 0.2) is 34.1 Å². The smallest absolute Gasteiger partial charge is 0.287 e. The van der Waals surface area contributed by atoms with E-state index in [9.17, 15) is 4.79 Å². The number of carbonyl (C=O) groups is 1. The van der Waals surface area contributed by atoms with Crippen molar-refractivity contribution in [3.8, 4) is 0 Å². The van der Waals surface area contributed by atoms with Crippen molar-refractivity contribution in [3.63, 3.8) is 0 Å². The zero-order valence-electron chi connectivity index (χ0n) is 13.8. The lowest BCUT2D eigenvalue weighted by Gasteiger charge is -2.30. The fraction of sp³-hybridized carbons (Fsp3) is 0.500. The molecule has 2 aromatic heterocycles. The lowest BCUT2D eigenvalue weighted by Crippen LogP contribution is -2.52. The molecule has 0 atom stereocenters. The molecule has 0 aromatic carbocycles. The average molecular weight is 336 g/mol. The minimum absolute atomic E-state index is 0.215. The summed E-state index contributed by atoms with van der Waals surface area (Å²) in [7, 11) is 1.94. The van der Waals surface area contributed by atoms with Gasteiger partial charge in [0.1, 0.15) is 5.76 Å². The first-order valence-corrected chi connectivity index (χ1v) is 8.73. The van der Waals surface area contributed by atoms with E-state index in [-0.39, 0.29) is 11.4 Å². The van der Waals surface area contributed by atoms with Crippen LogP contribution in [-0.4, -0.2) is 27.5 Å². The van der Waals surface area contributed by atoms with Crippen LogP contribution in [0.1, 0.15) is 43.0 Å². The van der Waals surface area contributed by atoms with Gasteiger partial charge in [-0.05, 0) is 25.0 Å². The topological polar surface area (TPSA) is 86.1 Å². The van der Waals surface area contributed by atoms with Crippen molar-refractivity contribution in [1.82, 2.24) is 14.9 Å². The molecule has 0 fully saturated rings. The van der Waals surface area contributed by atoms with E-state index in [1.54, 1.807) is 24.0 Å². The van der Waals surface area contributed by atoms with E-state index in [0.29, 0.717) is 18.1 Å². The van der Waals surface area contributed by atoms with Gasteiger partial charge in [0.25, 0.3) is 5.91 Å². The van der Waals surface area contributed by atoms with Crippen molar-refractivity contribution >= 4 is 17.7 Å². The van der Waals surface area contributed by atoms with Crippen LogP contribution in [0.5, 0.6) is 0 Å². The van der Waals surface area contributed by atoms with Gasteiger partial charge in [-0.2, -0.15) is 0 Å². The fourth-order valence-corrected chi connectivity index (χ4v) is 3.10. The summed E-state index contributed by atoms with van der Waals surface area (Å²) in [4.78, 5) is 16.6. The molecule has 126 valence electrons. The maximum Gasteiger partial charge on any atom is 0.287 e. The summed E-state index contributed by atoms with van der Waals surface area (Å²) >= 11 is 1.56. The number of nitrogens with two attached hydrogens (primary N) is 1. The molecular weight excluding hydrogens is 312 g/mol. The number of nitrogens with one attached hydrogen (secondary N) is 1. The van der Waals surface area contributed by atoms with Gasteiger partial charge >= 0.3 is 0 Å². The highest BCUT2D eigenvalue weighted by molar-refractivity contribution is 7.98. The number of hydrogen-bond acceptors (Lipinski definition) is 5. The summed E-state index contributed by atoms with van der Waals surface area (Å²) < 4.78 is 7.60. The summed E-state index contributed by atoms with van der Waals surface area (Å²) in [6, 6.07) is 3.53. The Labute approximate surface area is 140 Å². The molecule has 0 saturated heterocycles. The van der Waals surface area contributed by atoms with Gasteiger partial charge in [0.2, 0.25) is 0 Å². The third kappa shape index (κ3) is 4.17. The standard InChI is InChI=1S/C16H24N4O2S/c1-4-16(5-2,11-17)19-14(21)13-7-6-12(22-13)10-23-15-18-8-9-20(15)3/h6-9H,4-5,10-11,17H2,1-3H3,(H,19,21). The predicted octanol–water partition coefficient (Wildman–Crippen LogP) is 2.55. The first kappa shape index (κ1) is 17.6. The van der Waals surface area contributed by atoms with E-state index in [1.165, 1.54) is 0 Å². The monoisotopic (exact) mass is 336 g/mol. The largest absolute Gasteiger partial charge is 0.455 e. The minimum Gasteiger partial charge on any atom is -0.455 e. The van der Waals surface area contributed by atoms with Crippen LogP contribution in [0, 0.1) is 0 Å². The van der Waals surface area contributed by atoms with E-state index < -0.39 is 0 Å². The van der Waals surface area contributed by atoms with E-state index in [4.69, 9.17) is 10.2 Å². The number of nitrogens with zero attached hydrogens (tertiary/aromatic N) is 2. The van der Waals surface area contributed by atoms with Gasteiger partial charge in [-0.15, -0.1) is 0 Å².